The molecule has 7 nitrogen and oxygen atoms in total. The molecule has 0 aromatic carbocycles. The molecule has 16 heavy (non-hydrogen) atoms. The molecular formula is C8H13N3O4S. The van der Waals surface area contributed by atoms with Gasteiger partial charge in [0.1, 0.15) is 0 Å². The van der Waals surface area contributed by atoms with E-state index in [9.17, 15) is 18.0 Å². The number of hydrogen-bond donors (Lipinski definition) is 2. The number of sulfone groups is 1. The molecule has 2 heterocycles. The van der Waals surface area contributed by atoms with Crippen LogP contribution in [0.15, 0.2) is 0 Å². The minimum atomic E-state index is -3.14. The zero-order valence-electron chi connectivity index (χ0n) is 8.55. The first kappa shape index (κ1) is 11.5. The van der Waals surface area contributed by atoms with Crippen molar-refractivity contribution < 1.29 is 18.0 Å². The lowest BCUT2D eigenvalue weighted by Gasteiger charge is -2.32. The summed E-state index contributed by atoms with van der Waals surface area (Å²) in [5, 5.41) is 2.16. The molecule has 90 valence electrons. The predicted octanol–water partition coefficient (Wildman–Crippen LogP) is -2.93. The van der Waals surface area contributed by atoms with Gasteiger partial charge in [-0.05, 0) is 0 Å². The van der Waals surface area contributed by atoms with Gasteiger partial charge in [-0.25, -0.2) is 8.42 Å². The van der Waals surface area contributed by atoms with Crippen molar-refractivity contribution in [3.05, 3.63) is 0 Å². The molecule has 2 amide bonds. The van der Waals surface area contributed by atoms with E-state index < -0.39 is 33.7 Å². The number of rotatable bonds is 1. The van der Waals surface area contributed by atoms with Crippen LogP contribution in [0.25, 0.3) is 0 Å². The van der Waals surface area contributed by atoms with Crippen molar-refractivity contribution >= 4 is 21.7 Å². The number of piperazine rings is 1. The molecule has 0 radical (unpaired) electrons. The molecule has 2 fully saturated rings. The maximum absolute atomic E-state index is 11.4. The predicted molar refractivity (Wildman–Crippen MR) is 55.1 cm³/mol. The smallest absolute Gasteiger partial charge is 0.240 e. The Kier molecular flexibility index (Phi) is 2.72. The van der Waals surface area contributed by atoms with E-state index in [4.69, 9.17) is 5.73 Å². The minimum Gasteiger partial charge on any atom is -0.325 e. The highest BCUT2D eigenvalue weighted by molar-refractivity contribution is 7.91. The van der Waals surface area contributed by atoms with Gasteiger partial charge in [-0.2, -0.15) is 0 Å². The Morgan fingerprint density at radius 2 is 1.75 bits per heavy atom. The Morgan fingerprint density at radius 1 is 1.19 bits per heavy atom. The minimum absolute atomic E-state index is 0.0274. The van der Waals surface area contributed by atoms with E-state index in [0.717, 1.165) is 0 Å². The molecule has 0 bridgehead atoms. The summed E-state index contributed by atoms with van der Waals surface area (Å²) in [5.74, 6) is -0.973. The van der Waals surface area contributed by atoms with Gasteiger partial charge in [-0.3, -0.25) is 19.8 Å². The number of carbonyl (C=O) groups excluding carboxylic acids is 2. The van der Waals surface area contributed by atoms with Crippen LogP contribution in [-0.4, -0.2) is 61.8 Å². The second-order valence-corrected chi connectivity index (χ2v) is 6.34. The van der Waals surface area contributed by atoms with Gasteiger partial charge in [0.25, 0.3) is 0 Å². The van der Waals surface area contributed by atoms with Crippen molar-refractivity contribution in [2.24, 2.45) is 5.73 Å². The van der Waals surface area contributed by atoms with Gasteiger partial charge in [-0.1, -0.05) is 0 Å². The van der Waals surface area contributed by atoms with E-state index >= 15 is 0 Å². The topological polar surface area (TPSA) is 110 Å². The van der Waals surface area contributed by atoms with Crippen molar-refractivity contribution in [3.63, 3.8) is 0 Å². The van der Waals surface area contributed by atoms with Crippen molar-refractivity contribution in [2.75, 3.05) is 24.6 Å². The Labute approximate surface area is 92.9 Å². The first-order chi connectivity index (χ1) is 7.37. The molecule has 3 N–H and O–H groups in total. The van der Waals surface area contributed by atoms with Crippen LogP contribution in [0.4, 0.5) is 0 Å². The number of nitrogens with one attached hydrogen (secondary N) is 1. The summed E-state index contributed by atoms with van der Waals surface area (Å²) in [6.45, 7) is 0.0548. The van der Waals surface area contributed by atoms with Gasteiger partial charge >= 0.3 is 0 Å². The maximum atomic E-state index is 11.4. The van der Waals surface area contributed by atoms with Gasteiger partial charge in [0, 0.05) is 12.1 Å². The molecule has 0 aromatic rings. The largest absolute Gasteiger partial charge is 0.325 e. The van der Waals surface area contributed by atoms with Crippen molar-refractivity contribution in [3.8, 4) is 0 Å². The maximum Gasteiger partial charge on any atom is 0.240 e. The molecule has 2 atom stereocenters. The molecule has 0 aliphatic carbocycles. The highest BCUT2D eigenvalue weighted by Crippen LogP contribution is 2.17. The Bertz CT molecular complexity index is 417. The van der Waals surface area contributed by atoms with Crippen LogP contribution >= 0.6 is 0 Å². The van der Waals surface area contributed by atoms with Gasteiger partial charge < -0.3 is 5.73 Å². The van der Waals surface area contributed by atoms with Crippen LogP contribution in [-0.2, 0) is 19.4 Å². The average Bonchev–Trinajstić information content (AvgIpc) is 2.38. The SMILES string of the molecule is NC1CS(=O)(=O)CC1N1CC(=O)NC(=O)C1. The lowest BCUT2D eigenvalue weighted by atomic mass is 10.1. The van der Waals surface area contributed by atoms with Crippen LogP contribution in [0.3, 0.4) is 0 Å². The second-order valence-electron chi connectivity index (χ2n) is 4.18. The molecule has 2 aliphatic heterocycles. The van der Waals surface area contributed by atoms with Crippen LogP contribution < -0.4 is 11.1 Å². The highest BCUT2D eigenvalue weighted by atomic mass is 32.2. The fourth-order valence-electron chi connectivity index (χ4n) is 2.13. The van der Waals surface area contributed by atoms with Crippen LogP contribution in [0, 0.1) is 0 Å². The molecule has 0 aromatic heterocycles. The number of nitrogens with two attached hydrogens (primary N) is 1. The van der Waals surface area contributed by atoms with Gasteiger partial charge in [0.05, 0.1) is 24.6 Å². The van der Waals surface area contributed by atoms with E-state index in [0.29, 0.717) is 0 Å². The summed E-state index contributed by atoms with van der Waals surface area (Å²) >= 11 is 0. The average molecular weight is 247 g/mol. The van der Waals surface area contributed by atoms with Crippen LogP contribution in [0.2, 0.25) is 0 Å². The summed E-state index contributed by atoms with van der Waals surface area (Å²) in [6, 6.07) is -0.955. The van der Waals surface area contributed by atoms with Gasteiger partial charge in [0.2, 0.25) is 11.8 Å². The molecule has 2 saturated heterocycles. The molecule has 0 saturated carbocycles. The Morgan fingerprint density at radius 3 is 2.19 bits per heavy atom. The standard InChI is InChI=1S/C8H13N3O4S/c9-5-3-16(14,15)4-6(5)11-1-7(12)10-8(13)2-11/h5-6H,1-4,9H2,(H,10,12,13). The molecule has 8 heteroatoms. The fourth-order valence-corrected chi connectivity index (χ4v) is 4.05. The Balaban J connectivity index is 2.13. The highest BCUT2D eigenvalue weighted by Gasteiger charge is 2.41. The summed E-state index contributed by atoms with van der Waals surface area (Å²) in [6.07, 6.45) is 0. The first-order valence-electron chi connectivity index (χ1n) is 4.90. The fraction of sp³-hybridized carbons (Fsp3) is 0.750. The third-order valence-corrected chi connectivity index (χ3v) is 4.55. The quantitative estimate of drug-likeness (QED) is 0.480. The van der Waals surface area contributed by atoms with Gasteiger partial charge in [-0.15, -0.1) is 0 Å². The third-order valence-electron chi connectivity index (χ3n) is 2.81. The summed E-state index contributed by atoms with van der Waals surface area (Å²) in [5.41, 5.74) is 5.71. The number of nitrogens with zero attached hydrogens (tertiary/aromatic N) is 1. The van der Waals surface area contributed by atoms with E-state index in [1.54, 1.807) is 0 Å². The third kappa shape index (κ3) is 2.23. The number of imide groups is 1. The molecule has 2 unspecified atom stereocenters. The van der Waals surface area contributed by atoms with E-state index in [1.165, 1.54) is 4.90 Å². The summed E-state index contributed by atoms with van der Waals surface area (Å²) in [7, 11) is -3.14. The molecular weight excluding hydrogens is 234 g/mol. The molecule has 0 spiro atoms. The monoisotopic (exact) mass is 247 g/mol. The van der Waals surface area contributed by atoms with Crippen molar-refractivity contribution in [1.29, 1.82) is 0 Å². The van der Waals surface area contributed by atoms with E-state index in [-0.39, 0.29) is 24.6 Å². The van der Waals surface area contributed by atoms with Crippen LogP contribution in [0.1, 0.15) is 0 Å². The zero-order valence-corrected chi connectivity index (χ0v) is 9.37. The van der Waals surface area contributed by atoms with Gasteiger partial charge in [0.15, 0.2) is 9.84 Å². The molecule has 2 aliphatic rings. The lowest BCUT2D eigenvalue weighted by Crippen LogP contribution is -2.58. The van der Waals surface area contributed by atoms with Crippen LogP contribution in [0.5, 0.6) is 0 Å². The number of amides is 2. The van der Waals surface area contributed by atoms with E-state index in [2.05, 4.69) is 5.32 Å². The second kappa shape index (κ2) is 3.79. The lowest BCUT2D eigenvalue weighted by molar-refractivity contribution is -0.136. The number of hydrogen-bond acceptors (Lipinski definition) is 6. The zero-order chi connectivity index (χ0) is 11.9. The molecule has 2 rings (SSSR count). The summed E-state index contributed by atoms with van der Waals surface area (Å²) in [4.78, 5) is 23.8. The van der Waals surface area contributed by atoms with E-state index in [1.807, 2.05) is 0 Å². The first-order valence-corrected chi connectivity index (χ1v) is 6.72. The van der Waals surface area contributed by atoms with Crippen molar-refractivity contribution in [1.82, 2.24) is 10.2 Å². The van der Waals surface area contributed by atoms with Crippen molar-refractivity contribution in [2.45, 2.75) is 12.1 Å². The normalized spacial score (nSPS) is 35.1. The number of carbonyl (C=O) groups is 2. The summed E-state index contributed by atoms with van der Waals surface area (Å²) < 4.78 is 22.7. The Hall–Kier alpha value is -0.990.